The molecule has 1 unspecified atom stereocenters. The van der Waals surface area contributed by atoms with E-state index in [9.17, 15) is 4.79 Å². The minimum atomic E-state index is -0.296. The van der Waals surface area contributed by atoms with E-state index in [1.807, 2.05) is 19.1 Å². The van der Waals surface area contributed by atoms with Crippen LogP contribution in [0, 0.1) is 13.8 Å². The molecule has 7 heteroatoms. The van der Waals surface area contributed by atoms with Crippen molar-refractivity contribution in [2.24, 2.45) is 0 Å². The maximum Gasteiger partial charge on any atom is 0.319 e. The van der Waals surface area contributed by atoms with Crippen LogP contribution in [0.3, 0.4) is 0 Å². The molecule has 2 aromatic rings. The molecule has 2 rings (SSSR count). The summed E-state index contributed by atoms with van der Waals surface area (Å²) in [6, 6.07) is 6.00. The highest BCUT2D eigenvalue weighted by Gasteiger charge is 2.24. The van der Waals surface area contributed by atoms with Crippen LogP contribution in [0.15, 0.2) is 23.4 Å². The first-order valence-corrected chi connectivity index (χ1v) is 8.55. The molecular weight excluding hydrogens is 312 g/mol. The van der Waals surface area contributed by atoms with Crippen LogP contribution in [-0.4, -0.2) is 38.5 Å². The quantitative estimate of drug-likeness (QED) is 0.572. The average Bonchev–Trinajstić information content (AvgIpc) is 3.01. The van der Waals surface area contributed by atoms with Gasteiger partial charge in [-0.2, -0.15) is 4.68 Å². The third-order valence-electron chi connectivity index (χ3n) is 3.78. The molecular formula is C16H22N4O2S. The molecule has 0 fully saturated rings. The summed E-state index contributed by atoms with van der Waals surface area (Å²) in [7, 11) is 1.41. The molecule has 1 heterocycles. The van der Waals surface area contributed by atoms with E-state index in [2.05, 4.69) is 35.4 Å². The van der Waals surface area contributed by atoms with Gasteiger partial charge in [0.05, 0.1) is 12.8 Å². The number of methoxy groups -OCH3 is 1. The summed E-state index contributed by atoms with van der Waals surface area (Å²) in [5.41, 5.74) is 3.21. The fraction of sp³-hybridized carbons (Fsp3) is 0.500. The van der Waals surface area contributed by atoms with Crippen molar-refractivity contribution >= 4 is 17.7 Å². The Hall–Kier alpha value is -1.89. The first-order chi connectivity index (χ1) is 11.1. The predicted octanol–water partition coefficient (Wildman–Crippen LogP) is 3.10. The van der Waals surface area contributed by atoms with Gasteiger partial charge < -0.3 is 4.74 Å². The van der Waals surface area contributed by atoms with Crippen molar-refractivity contribution in [2.75, 3.05) is 7.11 Å². The van der Waals surface area contributed by atoms with Crippen LogP contribution in [0.5, 0.6) is 0 Å². The van der Waals surface area contributed by atoms with Crippen LogP contribution in [0.1, 0.15) is 37.3 Å². The fourth-order valence-corrected chi connectivity index (χ4v) is 3.29. The van der Waals surface area contributed by atoms with Crippen LogP contribution in [0.4, 0.5) is 0 Å². The minimum Gasteiger partial charge on any atom is -0.468 e. The van der Waals surface area contributed by atoms with E-state index in [-0.39, 0.29) is 11.2 Å². The zero-order valence-corrected chi connectivity index (χ0v) is 14.8. The van der Waals surface area contributed by atoms with Crippen LogP contribution in [0.25, 0.3) is 5.69 Å². The van der Waals surface area contributed by atoms with Crippen LogP contribution in [-0.2, 0) is 9.53 Å². The zero-order valence-electron chi connectivity index (χ0n) is 13.9. The molecule has 0 saturated heterocycles. The summed E-state index contributed by atoms with van der Waals surface area (Å²) in [4.78, 5) is 12.0. The highest BCUT2D eigenvalue weighted by molar-refractivity contribution is 8.00. The Morgan fingerprint density at radius 2 is 2.17 bits per heavy atom. The van der Waals surface area contributed by atoms with Gasteiger partial charge in [-0.1, -0.05) is 43.7 Å². The van der Waals surface area contributed by atoms with E-state index < -0.39 is 0 Å². The Kier molecular flexibility index (Phi) is 6.15. The second kappa shape index (κ2) is 8.10. The second-order valence-corrected chi connectivity index (χ2v) is 6.53. The summed E-state index contributed by atoms with van der Waals surface area (Å²) >= 11 is 1.36. The monoisotopic (exact) mass is 334 g/mol. The summed E-state index contributed by atoms with van der Waals surface area (Å²) in [5.74, 6) is -0.237. The fourth-order valence-electron chi connectivity index (χ4n) is 2.24. The third-order valence-corrected chi connectivity index (χ3v) is 4.95. The van der Waals surface area contributed by atoms with Crippen molar-refractivity contribution in [3.63, 3.8) is 0 Å². The molecule has 0 amide bonds. The number of hydrogen-bond donors (Lipinski definition) is 0. The van der Waals surface area contributed by atoms with Crippen molar-refractivity contribution in [1.82, 2.24) is 20.2 Å². The van der Waals surface area contributed by atoms with E-state index in [4.69, 9.17) is 4.74 Å². The van der Waals surface area contributed by atoms with Gasteiger partial charge >= 0.3 is 5.97 Å². The van der Waals surface area contributed by atoms with Gasteiger partial charge in [0.2, 0.25) is 5.16 Å². The molecule has 6 nitrogen and oxygen atoms in total. The van der Waals surface area contributed by atoms with Crippen molar-refractivity contribution in [1.29, 1.82) is 0 Å². The Labute approximate surface area is 140 Å². The number of rotatable bonds is 7. The minimum absolute atomic E-state index is 0.237. The first kappa shape index (κ1) is 17.5. The first-order valence-electron chi connectivity index (χ1n) is 7.68. The smallest absolute Gasteiger partial charge is 0.319 e. The van der Waals surface area contributed by atoms with E-state index >= 15 is 0 Å². The SMILES string of the molecule is CCCCC(Sc1nnnn1-c1cccc(C)c1C)C(=O)OC. The van der Waals surface area contributed by atoms with Gasteiger partial charge in [-0.05, 0) is 47.9 Å². The number of tetrazole rings is 1. The number of aryl methyl sites for hydroxylation is 1. The standard InChI is InChI=1S/C16H22N4O2S/c1-5-6-10-14(15(21)22-4)23-16-17-18-19-20(16)13-9-7-8-11(2)12(13)3/h7-9,14H,5-6,10H2,1-4H3. The van der Waals surface area contributed by atoms with Crippen molar-refractivity contribution in [3.8, 4) is 5.69 Å². The van der Waals surface area contributed by atoms with Crippen LogP contribution in [0.2, 0.25) is 0 Å². The zero-order chi connectivity index (χ0) is 16.8. The van der Waals surface area contributed by atoms with Crippen molar-refractivity contribution in [2.45, 2.75) is 50.4 Å². The van der Waals surface area contributed by atoms with Crippen molar-refractivity contribution < 1.29 is 9.53 Å². The molecule has 1 aromatic carbocycles. The number of unbranched alkanes of at least 4 members (excludes halogenated alkanes) is 1. The molecule has 0 N–H and O–H groups in total. The highest BCUT2D eigenvalue weighted by Crippen LogP contribution is 2.28. The van der Waals surface area contributed by atoms with E-state index in [1.165, 1.54) is 24.4 Å². The Bertz CT molecular complexity index is 672. The number of hydrogen-bond acceptors (Lipinski definition) is 6. The number of carbonyl (C=O) groups is 1. The van der Waals surface area contributed by atoms with Gasteiger partial charge in [0.15, 0.2) is 0 Å². The lowest BCUT2D eigenvalue weighted by molar-refractivity contribution is -0.140. The average molecular weight is 334 g/mol. The normalized spacial score (nSPS) is 12.2. The predicted molar refractivity (Wildman–Crippen MR) is 89.8 cm³/mol. The molecule has 1 atom stereocenters. The highest BCUT2D eigenvalue weighted by atomic mass is 32.2. The number of ether oxygens (including phenoxy) is 1. The molecule has 0 saturated carbocycles. The van der Waals surface area contributed by atoms with E-state index in [0.29, 0.717) is 5.16 Å². The molecule has 0 spiro atoms. The summed E-state index contributed by atoms with van der Waals surface area (Å²) < 4.78 is 6.60. The number of nitrogens with zero attached hydrogens (tertiary/aromatic N) is 4. The van der Waals surface area contributed by atoms with Gasteiger partial charge in [0, 0.05) is 0 Å². The maximum absolute atomic E-state index is 12.0. The van der Waals surface area contributed by atoms with E-state index in [1.54, 1.807) is 4.68 Å². The lowest BCUT2D eigenvalue weighted by Crippen LogP contribution is -2.19. The number of esters is 1. The third kappa shape index (κ3) is 4.10. The molecule has 0 aliphatic heterocycles. The maximum atomic E-state index is 12.0. The molecule has 0 bridgehead atoms. The largest absolute Gasteiger partial charge is 0.468 e. The topological polar surface area (TPSA) is 69.9 Å². The molecule has 0 aliphatic carbocycles. The Morgan fingerprint density at radius 3 is 2.87 bits per heavy atom. The van der Waals surface area contributed by atoms with Gasteiger partial charge in [-0.3, -0.25) is 4.79 Å². The van der Waals surface area contributed by atoms with Gasteiger partial charge in [0.25, 0.3) is 0 Å². The number of carbonyl (C=O) groups excluding carboxylic acids is 1. The van der Waals surface area contributed by atoms with Crippen molar-refractivity contribution in [3.05, 3.63) is 29.3 Å². The summed E-state index contributed by atoms with van der Waals surface area (Å²) in [6.07, 6.45) is 2.72. The molecule has 0 radical (unpaired) electrons. The molecule has 0 aliphatic rings. The van der Waals surface area contributed by atoms with E-state index in [0.717, 1.165) is 30.5 Å². The summed E-state index contributed by atoms with van der Waals surface area (Å²) in [5, 5.41) is 12.3. The molecule has 23 heavy (non-hydrogen) atoms. The molecule has 124 valence electrons. The lowest BCUT2D eigenvalue weighted by atomic mass is 10.1. The number of benzene rings is 1. The molecule has 1 aromatic heterocycles. The summed E-state index contributed by atoms with van der Waals surface area (Å²) in [6.45, 7) is 6.18. The second-order valence-electron chi connectivity index (χ2n) is 5.36. The Balaban J connectivity index is 2.29. The number of aromatic nitrogens is 4. The van der Waals surface area contributed by atoms with Gasteiger partial charge in [-0.25, -0.2) is 0 Å². The van der Waals surface area contributed by atoms with Gasteiger partial charge in [-0.15, -0.1) is 5.10 Å². The van der Waals surface area contributed by atoms with Crippen LogP contribution >= 0.6 is 11.8 Å². The van der Waals surface area contributed by atoms with Gasteiger partial charge in [0.1, 0.15) is 5.25 Å². The number of thioether (sulfide) groups is 1. The lowest BCUT2D eigenvalue weighted by Gasteiger charge is -2.14. The Morgan fingerprint density at radius 1 is 1.39 bits per heavy atom. The van der Waals surface area contributed by atoms with Crippen LogP contribution < -0.4 is 0 Å².